The van der Waals surface area contributed by atoms with Crippen LogP contribution in [0.2, 0.25) is 0 Å². The van der Waals surface area contributed by atoms with Gasteiger partial charge in [0.1, 0.15) is 0 Å². The maximum Gasteiger partial charge on any atom is 0.0564 e. The third kappa shape index (κ3) is 5.01. The zero-order valence-corrected chi connectivity index (χ0v) is 13.4. The van der Waals surface area contributed by atoms with Crippen molar-refractivity contribution < 1.29 is 5.11 Å². The van der Waals surface area contributed by atoms with Crippen molar-refractivity contribution in [2.45, 2.75) is 70.8 Å². The van der Waals surface area contributed by atoms with Gasteiger partial charge in [0.2, 0.25) is 0 Å². The monoisotopic (exact) mass is 282 g/mol. The molecule has 0 amide bonds. The Morgan fingerprint density at radius 1 is 1.10 bits per heavy atom. The van der Waals surface area contributed by atoms with Gasteiger partial charge in [-0.25, -0.2) is 0 Å². The lowest BCUT2D eigenvalue weighted by Crippen LogP contribution is -2.47. The van der Waals surface area contributed by atoms with E-state index >= 15 is 0 Å². The van der Waals surface area contributed by atoms with Crippen molar-refractivity contribution in [2.75, 3.05) is 32.7 Å². The molecule has 0 radical (unpaired) electrons. The largest absolute Gasteiger partial charge is 0.393 e. The fraction of sp³-hybridized carbons (Fsp3) is 1.00. The molecule has 0 spiro atoms. The summed E-state index contributed by atoms with van der Waals surface area (Å²) in [5.41, 5.74) is 0.494. The van der Waals surface area contributed by atoms with Gasteiger partial charge in [-0.15, -0.1) is 0 Å². The molecule has 2 fully saturated rings. The Labute approximate surface area is 125 Å². The molecule has 1 saturated heterocycles. The zero-order chi connectivity index (χ0) is 14.3. The quantitative estimate of drug-likeness (QED) is 0.581. The molecule has 0 bridgehead atoms. The SMILES string of the molecule is CCCNCC1(CN2CCC(O)CC2)CCCCCC1. The molecular weight excluding hydrogens is 248 g/mol. The van der Waals surface area contributed by atoms with Gasteiger partial charge in [0.05, 0.1) is 6.10 Å². The third-order valence-corrected chi connectivity index (χ3v) is 5.21. The predicted molar refractivity (Wildman–Crippen MR) is 85.0 cm³/mol. The second-order valence-corrected chi connectivity index (χ2v) is 7.10. The van der Waals surface area contributed by atoms with Gasteiger partial charge in [-0.2, -0.15) is 0 Å². The normalized spacial score (nSPS) is 25.5. The van der Waals surface area contributed by atoms with Crippen molar-refractivity contribution in [3.8, 4) is 0 Å². The van der Waals surface area contributed by atoms with E-state index < -0.39 is 0 Å². The van der Waals surface area contributed by atoms with Gasteiger partial charge in [-0.3, -0.25) is 0 Å². The van der Waals surface area contributed by atoms with Crippen molar-refractivity contribution in [3.63, 3.8) is 0 Å². The second-order valence-electron chi connectivity index (χ2n) is 7.10. The van der Waals surface area contributed by atoms with Crippen LogP contribution >= 0.6 is 0 Å². The first-order chi connectivity index (χ1) is 9.74. The van der Waals surface area contributed by atoms with Gasteiger partial charge in [-0.1, -0.05) is 32.6 Å². The maximum absolute atomic E-state index is 9.68. The molecule has 0 aromatic carbocycles. The van der Waals surface area contributed by atoms with Crippen LogP contribution in [0.1, 0.15) is 64.7 Å². The van der Waals surface area contributed by atoms with Gasteiger partial charge in [-0.05, 0) is 44.1 Å². The second kappa shape index (κ2) is 8.35. The summed E-state index contributed by atoms with van der Waals surface area (Å²) in [7, 11) is 0. The first kappa shape index (κ1) is 16.3. The molecule has 0 aromatic heterocycles. The zero-order valence-electron chi connectivity index (χ0n) is 13.4. The number of rotatable bonds is 6. The fourth-order valence-electron chi connectivity index (χ4n) is 3.95. The van der Waals surface area contributed by atoms with Crippen molar-refractivity contribution in [3.05, 3.63) is 0 Å². The molecule has 1 aliphatic carbocycles. The Hall–Kier alpha value is -0.120. The molecule has 3 heteroatoms. The van der Waals surface area contributed by atoms with Crippen LogP contribution in [-0.4, -0.2) is 48.8 Å². The first-order valence-electron chi connectivity index (χ1n) is 8.85. The molecule has 1 saturated carbocycles. The van der Waals surface area contributed by atoms with E-state index in [9.17, 15) is 5.11 Å². The van der Waals surface area contributed by atoms with Crippen molar-refractivity contribution in [1.29, 1.82) is 0 Å². The molecule has 2 N–H and O–H groups in total. The Kier molecular flexibility index (Phi) is 6.79. The van der Waals surface area contributed by atoms with Crippen LogP contribution in [-0.2, 0) is 0 Å². The van der Waals surface area contributed by atoms with E-state index in [-0.39, 0.29) is 6.10 Å². The van der Waals surface area contributed by atoms with Crippen LogP contribution in [0.5, 0.6) is 0 Å². The minimum atomic E-state index is -0.0467. The summed E-state index contributed by atoms with van der Waals surface area (Å²) in [5.74, 6) is 0. The number of aliphatic hydroxyl groups excluding tert-OH is 1. The van der Waals surface area contributed by atoms with Gasteiger partial charge in [0.15, 0.2) is 0 Å². The number of aliphatic hydroxyl groups is 1. The topological polar surface area (TPSA) is 35.5 Å². The Morgan fingerprint density at radius 3 is 2.35 bits per heavy atom. The first-order valence-corrected chi connectivity index (χ1v) is 8.85. The van der Waals surface area contributed by atoms with E-state index in [1.807, 2.05) is 0 Å². The van der Waals surface area contributed by atoms with Gasteiger partial charge in [0.25, 0.3) is 0 Å². The molecule has 118 valence electrons. The molecule has 2 rings (SSSR count). The summed E-state index contributed by atoms with van der Waals surface area (Å²) < 4.78 is 0. The predicted octanol–water partition coefficient (Wildman–Crippen LogP) is 2.78. The minimum Gasteiger partial charge on any atom is -0.393 e. The van der Waals surface area contributed by atoms with Gasteiger partial charge >= 0.3 is 0 Å². The van der Waals surface area contributed by atoms with E-state index in [4.69, 9.17) is 0 Å². The lowest BCUT2D eigenvalue weighted by atomic mass is 9.79. The highest BCUT2D eigenvalue weighted by Crippen LogP contribution is 2.36. The highest BCUT2D eigenvalue weighted by atomic mass is 16.3. The number of piperidine rings is 1. The molecular formula is C17H34N2O. The molecule has 1 heterocycles. The summed E-state index contributed by atoms with van der Waals surface area (Å²) in [6, 6.07) is 0. The summed E-state index contributed by atoms with van der Waals surface area (Å²) in [6.45, 7) is 8.03. The Bertz CT molecular complexity index is 254. The van der Waals surface area contributed by atoms with Crippen LogP contribution in [0.25, 0.3) is 0 Å². The summed E-state index contributed by atoms with van der Waals surface area (Å²) in [5, 5.41) is 13.4. The number of hydrogen-bond acceptors (Lipinski definition) is 3. The highest BCUT2D eigenvalue weighted by molar-refractivity contribution is 4.88. The van der Waals surface area contributed by atoms with Crippen LogP contribution in [0.15, 0.2) is 0 Å². The van der Waals surface area contributed by atoms with Crippen LogP contribution < -0.4 is 5.32 Å². The summed E-state index contributed by atoms with van der Waals surface area (Å²) in [6.07, 6.45) is 11.6. The van der Waals surface area contributed by atoms with Crippen molar-refractivity contribution in [2.24, 2.45) is 5.41 Å². The molecule has 3 nitrogen and oxygen atoms in total. The van der Waals surface area contributed by atoms with Gasteiger partial charge in [0, 0.05) is 26.2 Å². The summed E-state index contributed by atoms with van der Waals surface area (Å²) >= 11 is 0. The smallest absolute Gasteiger partial charge is 0.0564 e. The highest BCUT2D eigenvalue weighted by Gasteiger charge is 2.33. The maximum atomic E-state index is 9.68. The molecule has 2 aliphatic rings. The standard InChI is InChI=1S/C17H34N2O/c1-2-11-18-14-17(9-5-3-4-6-10-17)15-19-12-7-16(20)8-13-19/h16,18,20H,2-15H2,1H3. The van der Waals surface area contributed by atoms with Crippen LogP contribution in [0.4, 0.5) is 0 Å². The Balaban J connectivity index is 1.90. The average Bonchev–Trinajstić information content (AvgIpc) is 2.68. The number of hydrogen-bond donors (Lipinski definition) is 2. The van der Waals surface area contributed by atoms with E-state index in [1.165, 1.54) is 58.0 Å². The molecule has 0 aromatic rings. The van der Waals surface area contributed by atoms with Crippen LogP contribution in [0, 0.1) is 5.41 Å². The minimum absolute atomic E-state index is 0.0467. The van der Waals surface area contributed by atoms with Crippen molar-refractivity contribution in [1.82, 2.24) is 10.2 Å². The molecule has 0 unspecified atom stereocenters. The van der Waals surface area contributed by atoms with Crippen LogP contribution in [0.3, 0.4) is 0 Å². The van der Waals surface area contributed by atoms with Gasteiger partial charge < -0.3 is 15.3 Å². The Morgan fingerprint density at radius 2 is 1.75 bits per heavy atom. The number of nitrogens with one attached hydrogen (secondary N) is 1. The lowest BCUT2D eigenvalue weighted by Gasteiger charge is -2.40. The third-order valence-electron chi connectivity index (χ3n) is 5.21. The molecule has 20 heavy (non-hydrogen) atoms. The van der Waals surface area contributed by atoms with Crippen molar-refractivity contribution >= 4 is 0 Å². The van der Waals surface area contributed by atoms with E-state index in [1.54, 1.807) is 0 Å². The molecule has 1 aliphatic heterocycles. The summed E-state index contributed by atoms with van der Waals surface area (Å²) in [4.78, 5) is 2.62. The lowest BCUT2D eigenvalue weighted by molar-refractivity contribution is 0.0505. The number of likely N-dealkylation sites (tertiary alicyclic amines) is 1. The van der Waals surface area contributed by atoms with E-state index in [2.05, 4.69) is 17.1 Å². The number of nitrogens with zero attached hydrogens (tertiary/aromatic N) is 1. The average molecular weight is 282 g/mol. The van der Waals surface area contributed by atoms with E-state index in [0.29, 0.717) is 5.41 Å². The molecule has 0 atom stereocenters. The van der Waals surface area contributed by atoms with E-state index in [0.717, 1.165) is 32.5 Å². The fourth-order valence-corrected chi connectivity index (χ4v) is 3.95.